The van der Waals surface area contributed by atoms with Gasteiger partial charge in [0, 0.05) is 31.0 Å². The van der Waals surface area contributed by atoms with E-state index in [2.05, 4.69) is 39.8 Å². The van der Waals surface area contributed by atoms with E-state index in [1.807, 2.05) is 26.0 Å². The molecule has 0 amide bonds. The van der Waals surface area contributed by atoms with Gasteiger partial charge in [0.05, 0.1) is 23.6 Å². The normalized spacial score (nSPS) is 20.2. The topological polar surface area (TPSA) is 111 Å². The zero-order chi connectivity index (χ0) is 24.3. The Morgan fingerprint density at radius 3 is 2.62 bits per heavy atom. The van der Waals surface area contributed by atoms with Gasteiger partial charge in [-0.15, -0.1) is 10.2 Å². The molecule has 34 heavy (non-hydrogen) atoms. The first-order valence-electron chi connectivity index (χ1n) is 11.4. The Morgan fingerprint density at radius 1 is 1.21 bits per heavy atom. The average Bonchev–Trinajstić information content (AvgIpc) is 3.29. The first-order chi connectivity index (χ1) is 16.2. The van der Waals surface area contributed by atoms with Crippen molar-refractivity contribution < 1.29 is 13.9 Å². The summed E-state index contributed by atoms with van der Waals surface area (Å²) in [6, 6.07) is 6.33. The van der Waals surface area contributed by atoms with E-state index in [0.717, 1.165) is 22.5 Å². The summed E-state index contributed by atoms with van der Waals surface area (Å²) >= 11 is 0. The van der Waals surface area contributed by atoms with Crippen LogP contribution in [0.1, 0.15) is 57.1 Å². The third kappa shape index (κ3) is 5.63. The first kappa shape index (κ1) is 23.9. The zero-order valence-electron chi connectivity index (χ0n) is 20.0. The number of hydrogen-bond acceptors (Lipinski definition) is 8. The third-order valence-corrected chi connectivity index (χ3v) is 5.52. The van der Waals surface area contributed by atoms with Crippen LogP contribution in [0, 0.1) is 5.82 Å². The highest BCUT2D eigenvalue weighted by Crippen LogP contribution is 2.33. The molecule has 1 aromatic carbocycles. The number of tetrazole rings is 1. The molecule has 0 radical (unpaired) electrons. The van der Waals surface area contributed by atoms with Gasteiger partial charge >= 0.3 is 0 Å². The number of aromatic nitrogens is 6. The summed E-state index contributed by atoms with van der Waals surface area (Å²) in [4.78, 5) is 9.41. The van der Waals surface area contributed by atoms with Crippen LogP contribution in [-0.4, -0.2) is 55.6 Å². The molecule has 1 fully saturated rings. The van der Waals surface area contributed by atoms with E-state index in [1.54, 1.807) is 19.2 Å². The van der Waals surface area contributed by atoms with E-state index >= 15 is 0 Å². The van der Waals surface area contributed by atoms with Gasteiger partial charge in [-0.25, -0.2) is 14.4 Å². The fourth-order valence-electron chi connectivity index (χ4n) is 4.10. The van der Waals surface area contributed by atoms with Crippen molar-refractivity contribution in [1.82, 2.24) is 30.6 Å². The van der Waals surface area contributed by atoms with Crippen molar-refractivity contribution in [2.24, 2.45) is 0 Å². The number of hydrogen-bond donors (Lipinski definition) is 2. The molecule has 0 bridgehead atoms. The number of anilines is 1. The summed E-state index contributed by atoms with van der Waals surface area (Å²) in [5.74, 6) is 0.200. The number of halogens is 1. The molecule has 0 spiro atoms. The van der Waals surface area contributed by atoms with Crippen molar-refractivity contribution in [3.05, 3.63) is 53.2 Å². The highest BCUT2D eigenvalue weighted by molar-refractivity contribution is 5.74. The van der Waals surface area contributed by atoms with E-state index in [0.29, 0.717) is 24.6 Å². The molecule has 1 aliphatic rings. The second-order valence-corrected chi connectivity index (χ2v) is 9.03. The molecule has 3 heterocycles. The molecule has 0 saturated carbocycles. The van der Waals surface area contributed by atoms with Crippen molar-refractivity contribution in [3.8, 4) is 11.3 Å². The number of aromatic amines is 1. The van der Waals surface area contributed by atoms with Gasteiger partial charge in [0.15, 0.2) is 11.6 Å². The summed E-state index contributed by atoms with van der Waals surface area (Å²) in [5.41, 5.74) is 3.31. The Bertz CT molecular complexity index is 1130. The van der Waals surface area contributed by atoms with Crippen LogP contribution in [0.15, 0.2) is 30.3 Å². The molecule has 9 nitrogen and oxygen atoms in total. The quantitative estimate of drug-likeness (QED) is 0.534. The molecule has 180 valence electrons. The summed E-state index contributed by atoms with van der Waals surface area (Å²) in [6.07, 6.45) is 4.86. The minimum absolute atomic E-state index is 0.125. The van der Waals surface area contributed by atoms with E-state index in [9.17, 15) is 4.39 Å². The fraction of sp³-hybridized carbons (Fsp3) is 0.458. The third-order valence-electron chi connectivity index (χ3n) is 5.52. The van der Waals surface area contributed by atoms with Gasteiger partial charge in [-0.05, 0) is 44.0 Å². The zero-order valence-corrected chi connectivity index (χ0v) is 20.0. The minimum Gasteiger partial charge on any atom is -0.357 e. The van der Waals surface area contributed by atoms with Crippen molar-refractivity contribution >= 4 is 12.0 Å². The summed E-state index contributed by atoms with van der Waals surface area (Å²) in [6.45, 7) is 7.96. The molecule has 2 atom stereocenters. The molecule has 1 aliphatic heterocycles. The van der Waals surface area contributed by atoms with Crippen LogP contribution in [0.5, 0.6) is 0 Å². The number of rotatable bonds is 7. The largest absolute Gasteiger partial charge is 0.357 e. The lowest BCUT2D eigenvalue weighted by atomic mass is 9.97. The molecule has 2 aromatic heterocycles. The molecule has 1 saturated heterocycles. The van der Waals surface area contributed by atoms with Crippen molar-refractivity contribution in [2.45, 2.75) is 64.4 Å². The van der Waals surface area contributed by atoms with E-state index in [-0.39, 0.29) is 23.9 Å². The lowest BCUT2D eigenvalue weighted by Crippen LogP contribution is -2.44. The van der Waals surface area contributed by atoms with Crippen LogP contribution in [0.2, 0.25) is 0 Å². The maximum Gasteiger partial charge on any atom is 0.223 e. The van der Waals surface area contributed by atoms with Crippen LogP contribution in [0.4, 0.5) is 10.3 Å². The van der Waals surface area contributed by atoms with Gasteiger partial charge < -0.3 is 14.8 Å². The lowest BCUT2D eigenvalue weighted by Gasteiger charge is -2.39. The van der Waals surface area contributed by atoms with Gasteiger partial charge in [0.25, 0.3) is 0 Å². The van der Waals surface area contributed by atoms with Crippen LogP contribution in [0.3, 0.4) is 0 Å². The minimum atomic E-state index is -0.769. The number of benzene rings is 1. The number of ether oxygens (including phenoxy) is 2. The highest BCUT2D eigenvalue weighted by Gasteiger charge is 2.35. The standard InChI is InChI=1S/C24H30FN7O2/c1-14(2)21-19(22(28-23(26-5)27-21)15-6-8-16(25)9-7-15)11-10-17-12-18(34-24(3,4)33-17)13-20-29-31-32-30-20/h6-11,14,17-18H,12-13H2,1-5H3,(H,26,27,28)(H,29,30,31,32)/b11-10+/t17-,18-/m1/s1. The van der Waals surface area contributed by atoms with Crippen LogP contribution in [-0.2, 0) is 15.9 Å². The molecule has 0 aliphatic carbocycles. The maximum atomic E-state index is 13.6. The number of nitrogens with zero attached hydrogens (tertiary/aromatic N) is 5. The molecule has 0 unspecified atom stereocenters. The van der Waals surface area contributed by atoms with E-state index in [1.165, 1.54) is 12.1 Å². The molecule has 2 N–H and O–H groups in total. The molecule has 4 rings (SSSR count). The Kier molecular flexibility index (Phi) is 6.99. The van der Waals surface area contributed by atoms with Crippen LogP contribution >= 0.6 is 0 Å². The molecular formula is C24H30FN7O2. The number of nitrogens with one attached hydrogen (secondary N) is 2. The predicted octanol–water partition coefficient (Wildman–Crippen LogP) is 4.13. The Balaban J connectivity index is 1.68. The number of H-pyrrole nitrogens is 1. The van der Waals surface area contributed by atoms with Gasteiger partial charge in [0.1, 0.15) is 5.82 Å². The first-order valence-corrected chi connectivity index (χ1v) is 11.4. The maximum absolute atomic E-state index is 13.6. The van der Waals surface area contributed by atoms with Crippen molar-refractivity contribution in [3.63, 3.8) is 0 Å². The molecule has 10 heteroatoms. The smallest absolute Gasteiger partial charge is 0.223 e. The summed E-state index contributed by atoms with van der Waals surface area (Å²) < 4.78 is 25.8. The SMILES string of the molecule is CNc1nc(-c2ccc(F)cc2)c(/C=C/[C@@H]2C[C@H](Cc3nn[nH]n3)OC(C)(C)O2)c(C(C)C)n1. The van der Waals surface area contributed by atoms with Gasteiger partial charge in [0.2, 0.25) is 5.95 Å². The van der Waals surface area contributed by atoms with Crippen molar-refractivity contribution in [2.75, 3.05) is 12.4 Å². The Hall–Kier alpha value is -3.24. The van der Waals surface area contributed by atoms with Crippen LogP contribution in [0.25, 0.3) is 17.3 Å². The fourth-order valence-corrected chi connectivity index (χ4v) is 4.10. The summed E-state index contributed by atoms with van der Waals surface area (Å²) in [7, 11) is 1.78. The predicted molar refractivity (Wildman–Crippen MR) is 126 cm³/mol. The second kappa shape index (κ2) is 9.94. The summed E-state index contributed by atoms with van der Waals surface area (Å²) in [5, 5.41) is 17.2. The Morgan fingerprint density at radius 2 is 1.97 bits per heavy atom. The highest BCUT2D eigenvalue weighted by atomic mass is 19.1. The van der Waals surface area contributed by atoms with Gasteiger partial charge in [-0.2, -0.15) is 5.21 Å². The monoisotopic (exact) mass is 467 g/mol. The van der Waals surface area contributed by atoms with E-state index < -0.39 is 5.79 Å². The van der Waals surface area contributed by atoms with Gasteiger partial charge in [-0.3, -0.25) is 0 Å². The molecular weight excluding hydrogens is 437 g/mol. The van der Waals surface area contributed by atoms with Crippen LogP contribution < -0.4 is 5.32 Å². The second-order valence-electron chi connectivity index (χ2n) is 9.03. The van der Waals surface area contributed by atoms with Gasteiger partial charge in [-0.1, -0.05) is 31.2 Å². The Labute approximate surface area is 198 Å². The average molecular weight is 468 g/mol. The lowest BCUT2D eigenvalue weighted by molar-refractivity contribution is -0.289. The van der Waals surface area contributed by atoms with Crippen molar-refractivity contribution in [1.29, 1.82) is 0 Å². The molecule has 3 aromatic rings. The van der Waals surface area contributed by atoms with E-state index in [4.69, 9.17) is 19.4 Å².